The fraction of sp³-hybridized carbons (Fsp3) is 0.500. The molecule has 2 aliphatic heterocycles. The molecule has 1 unspecified atom stereocenters. The van der Waals surface area contributed by atoms with Crippen molar-refractivity contribution in [1.82, 2.24) is 20.2 Å². The van der Waals surface area contributed by atoms with Crippen LogP contribution in [-0.4, -0.2) is 53.8 Å². The highest BCUT2D eigenvalue weighted by atomic mass is 35.5. The summed E-state index contributed by atoms with van der Waals surface area (Å²) in [5.74, 6) is 0.998. The molecule has 5 nitrogen and oxygen atoms in total. The first-order chi connectivity index (χ1) is 11.8. The fourth-order valence-corrected chi connectivity index (χ4v) is 3.84. The first kappa shape index (κ1) is 16.1. The fourth-order valence-electron chi connectivity index (χ4n) is 3.71. The quantitative estimate of drug-likeness (QED) is 0.897. The van der Waals surface area contributed by atoms with Crippen molar-refractivity contribution < 1.29 is 4.74 Å². The number of rotatable bonds is 3. The maximum atomic E-state index is 5.98. The molecule has 1 atom stereocenters. The highest BCUT2D eigenvalue weighted by Gasteiger charge is 2.32. The Bertz CT molecular complexity index is 666. The number of aromatic nitrogens is 2. The van der Waals surface area contributed by atoms with Gasteiger partial charge in [-0.1, -0.05) is 23.7 Å². The van der Waals surface area contributed by atoms with Crippen LogP contribution >= 0.6 is 11.6 Å². The van der Waals surface area contributed by atoms with Crippen LogP contribution in [0.15, 0.2) is 30.5 Å². The standard InChI is InChI=1S/C18H23ClN4O/c19-14-3-1-13(2-4-14)16-11-21-18(22-16)17-12-24-10-9-23(17)15-5-7-20-8-6-15/h1-4,11,15,17,20H,5-10,12H2,(H,21,22). The number of nitrogens with one attached hydrogen (secondary N) is 2. The lowest BCUT2D eigenvalue weighted by molar-refractivity contribution is -0.0387. The minimum absolute atomic E-state index is 0.211. The molecule has 2 aromatic rings. The van der Waals surface area contributed by atoms with E-state index < -0.39 is 0 Å². The topological polar surface area (TPSA) is 53.2 Å². The number of halogens is 1. The van der Waals surface area contributed by atoms with Gasteiger partial charge in [-0.15, -0.1) is 0 Å². The van der Waals surface area contributed by atoms with Crippen LogP contribution in [0.3, 0.4) is 0 Å². The number of hydrogen-bond donors (Lipinski definition) is 2. The van der Waals surface area contributed by atoms with Crippen LogP contribution in [-0.2, 0) is 4.74 Å². The molecular weight excluding hydrogens is 324 g/mol. The van der Waals surface area contributed by atoms with Gasteiger partial charge in [0.2, 0.25) is 0 Å². The monoisotopic (exact) mass is 346 g/mol. The summed E-state index contributed by atoms with van der Waals surface area (Å²) >= 11 is 5.98. The predicted molar refractivity (Wildman–Crippen MR) is 95.2 cm³/mol. The summed E-state index contributed by atoms with van der Waals surface area (Å²) in [6.07, 6.45) is 4.30. The minimum Gasteiger partial charge on any atom is -0.378 e. The second-order valence-electron chi connectivity index (χ2n) is 6.50. The van der Waals surface area contributed by atoms with E-state index >= 15 is 0 Å². The van der Waals surface area contributed by atoms with Crippen LogP contribution in [0.25, 0.3) is 11.3 Å². The molecule has 2 fully saturated rings. The second-order valence-corrected chi connectivity index (χ2v) is 6.94. The molecule has 0 aliphatic carbocycles. The van der Waals surface area contributed by atoms with E-state index in [0.29, 0.717) is 12.6 Å². The number of aromatic amines is 1. The zero-order valence-electron chi connectivity index (χ0n) is 13.7. The molecule has 0 saturated carbocycles. The van der Waals surface area contributed by atoms with Crippen molar-refractivity contribution in [3.63, 3.8) is 0 Å². The second kappa shape index (κ2) is 7.23. The van der Waals surface area contributed by atoms with Crippen LogP contribution in [0, 0.1) is 0 Å². The highest BCUT2D eigenvalue weighted by molar-refractivity contribution is 6.30. The van der Waals surface area contributed by atoms with Gasteiger partial charge in [0, 0.05) is 17.6 Å². The molecule has 2 saturated heterocycles. The van der Waals surface area contributed by atoms with Crippen molar-refractivity contribution >= 4 is 11.6 Å². The third-order valence-corrected chi connectivity index (χ3v) is 5.27. The Labute approximate surface area is 147 Å². The Morgan fingerprint density at radius 3 is 2.75 bits per heavy atom. The first-order valence-corrected chi connectivity index (χ1v) is 9.04. The predicted octanol–water partition coefficient (Wildman–Crippen LogP) is 2.86. The van der Waals surface area contributed by atoms with Gasteiger partial charge in [0.25, 0.3) is 0 Å². The molecule has 0 amide bonds. The van der Waals surface area contributed by atoms with Crippen molar-refractivity contribution in [3.8, 4) is 11.3 Å². The summed E-state index contributed by atoms with van der Waals surface area (Å²) < 4.78 is 5.75. The number of benzene rings is 1. The summed E-state index contributed by atoms with van der Waals surface area (Å²) in [4.78, 5) is 10.7. The van der Waals surface area contributed by atoms with E-state index in [2.05, 4.69) is 20.2 Å². The Kier molecular flexibility index (Phi) is 4.85. The lowest BCUT2D eigenvalue weighted by Gasteiger charge is -2.41. The zero-order chi connectivity index (χ0) is 16.4. The number of morpholine rings is 1. The number of hydrogen-bond acceptors (Lipinski definition) is 4. The lowest BCUT2D eigenvalue weighted by Crippen LogP contribution is -2.49. The molecule has 6 heteroatoms. The third-order valence-electron chi connectivity index (χ3n) is 5.01. The summed E-state index contributed by atoms with van der Waals surface area (Å²) in [6, 6.07) is 8.67. The first-order valence-electron chi connectivity index (χ1n) is 8.66. The summed E-state index contributed by atoms with van der Waals surface area (Å²) in [7, 11) is 0. The average molecular weight is 347 g/mol. The van der Waals surface area contributed by atoms with Crippen molar-refractivity contribution in [1.29, 1.82) is 0 Å². The molecule has 0 bridgehead atoms. The number of nitrogens with zero attached hydrogens (tertiary/aromatic N) is 2. The minimum atomic E-state index is 0.211. The smallest absolute Gasteiger partial charge is 0.126 e. The van der Waals surface area contributed by atoms with E-state index in [9.17, 15) is 0 Å². The van der Waals surface area contributed by atoms with E-state index in [1.54, 1.807) is 0 Å². The normalized spacial score (nSPS) is 23.5. The van der Waals surface area contributed by atoms with Gasteiger partial charge in [0.1, 0.15) is 5.82 Å². The highest BCUT2D eigenvalue weighted by Crippen LogP contribution is 2.29. The van der Waals surface area contributed by atoms with E-state index in [0.717, 1.165) is 48.3 Å². The maximum absolute atomic E-state index is 5.98. The largest absolute Gasteiger partial charge is 0.378 e. The molecule has 2 N–H and O–H groups in total. The van der Waals surface area contributed by atoms with Gasteiger partial charge in [0.05, 0.1) is 31.1 Å². The Morgan fingerprint density at radius 2 is 1.96 bits per heavy atom. The van der Waals surface area contributed by atoms with E-state index in [1.807, 2.05) is 30.5 Å². The van der Waals surface area contributed by atoms with Crippen LogP contribution in [0.1, 0.15) is 24.7 Å². The van der Waals surface area contributed by atoms with Crippen molar-refractivity contribution in [2.24, 2.45) is 0 Å². The molecule has 1 aromatic carbocycles. The number of piperidine rings is 1. The van der Waals surface area contributed by atoms with Crippen LogP contribution in [0.4, 0.5) is 0 Å². The molecule has 24 heavy (non-hydrogen) atoms. The number of imidazole rings is 1. The van der Waals surface area contributed by atoms with Crippen LogP contribution in [0.2, 0.25) is 5.02 Å². The van der Waals surface area contributed by atoms with Gasteiger partial charge in [-0.25, -0.2) is 4.98 Å². The number of H-pyrrole nitrogens is 1. The zero-order valence-corrected chi connectivity index (χ0v) is 14.4. The summed E-state index contributed by atoms with van der Waals surface area (Å²) in [5, 5.41) is 4.19. The number of ether oxygens (including phenoxy) is 1. The average Bonchev–Trinajstić information content (AvgIpc) is 3.13. The van der Waals surface area contributed by atoms with E-state index in [1.165, 1.54) is 12.8 Å². The Hall–Kier alpha value is -1.40. The Balaban J connectivity index is 1.56. The maximum Gasteiger partial charge on any atom is 0.126 e. The van der Waals surface area contributed by atoms with Crippen molar-refractivity contribution in [2.45, 2.75) is 24.9 Å². The Morgan fingerprint density at radius 1 is 1.17 bits per heavy atom. The summed E-state index contributed by atoms with van der Waals surface area (Å²) in [6.45, 7) is 4.70. The van der Waals surface area contributed by atoms with Gasteiger partial charge >= 0.3 is 0 Å². The molecule has 4 rings (SSSR count). The molecule has 0 radical (unpaired) electrons. The van der Waals surface area contributed by atoms with Crippen molar-refractivity contribution in [2.75, 3.05) is 32.8 Å². The van der Waals surface area contributed by atoms with Gasteiger partial charge in [-0.2, -0.15) is 0 Å². The van der Waals surface area contributed by atoms with Gasteiger partial charge in [0.15, 0.2) is 0 Å². The van der Waals surface area contributed by atoms with Crippen molar-refractivity contribution in [3.05, 3.63) is 41.3 Å². The molecular formula is C18H23ClN4O. The van der Waals surface area contributed by atoms with E-state index in [4.69, 9.17) is 16.3 Å². The lowest BCUT2D eigenvalue weighted by atomic mass is 10.0. The molecule has 2 aliphatic rings. The SMILES string of the molecule is Clc1ccc(-c2cnc(C3COCCN3C3CCNCC3)[nH]2)cc1. The van der Waals surface area contributed by atoms with Gasteiger partial charge in [-0.3, -0.25) is 4.90 Å². The molecule has 3 heterocycles. The summed E-state index contributed by atoms with van der Waals surface area (Å²) in [5.41, 5.74) is 2.13. The molecule has 128 valence electrons. The molecule has 1 aromatic heterocycles. The van der Waals surface area contributed by atoms with E-state index in [-0.39, 0.29) is 6.04 Å². The van der Waals surface area contributed by atoms with Gasteiger partial charge < -0.3 is 15.0 Å². The third kappa shape index (κ3) is 3.35. The van der Waals surface area contributed by atoms with Crippen LogP contribution < -0.4 is 5.32 Å². The molecule has 0 spiro atoms. The van der Waals surface area contributed by atoms with Gasteiger partial charge in [-0.05, 0) is 43.6 Å². The van der Waals surface area contributed by atoms with Crippen LogP contribution in [0.5, 0.6) is 0 Å².